The fourth-order valence-corrected chi connectivity index (χ4v) is 2.57. The first-order valence-electron chi connectivity index (χ1n) is 7.19. The molecule has 1 heterocycles. The molecule has 2 amide bonds. The van der Waals surface area contributed by atoms with Gasteiger partial charge in [-0.15, -0.1) is 0 Å². The van der Waals surface area contributed by atoms with Gasteiger partial charge in [0.2, 0.25) is 11.8 Å². The van der Waals surface area contributed by atoms with E-state index in [0.29, 0.717) is 12.1 Å². The molecule has 22 heavy (non-hydrogen) atoms. The number of likely N-dealkylation sites (tertiary alicyclic amines) is 1. The molecule has 0 spiro atoms. The molecule has 0 aromatic heterocycles. The topological polar surface area (TPSA) is 92.6 Å². The molecule has 1 aliphatic heterocycles. The molecule has 0 radical (unpaired) electrons. The first-order valence-corrected chi connectivity index (χ1v) is 7.19. The maximum absolute atomic E-state index is 12.2. The van der Waals surface area contributed by atoms with Gasteiger partial charge in [-0.2, -0.15) is 0 Å². The summed E-state index contributed by atoms with van der Waals surface area (Å²) in [5.41, 5.74) is 0.431. The van der Waals surface area contributed by atoms with Gasteiger partial charge in [0.15, 0.2) is 0 Å². The zero-order chi connectivity index (χ0) is 16.3. The average Bonchev–Trinajstić information content (AvgIpc) is 2.87. The summed E-state index contributed by atoms with van der Waals surface area (Å²) < 4.78 is 0. The summed E-state index contributed by atoms with van der Waals surface area (Å²) >= 11 is 0. The quantitative estimate of drug-likeness (QED) is 0.658. The molecule has 0 saturated carbocycles. The lowest BCUT2D eigenvalue weighted by molar-refractivity contribution is -0.385. The third kappa shape index (κ3) is 3.41. The van der Waals surface area contributed by atoms with E-state index in [0.717, 1.165) is 0 Å². The highest BCUT2D eigenvalue weighted by Gasteiger charge is 2.35. The molecule has 1 aromatic rings. The minimum Gasteiger partial charge on any atom is -0.351 e. The predicted octanol–water partition coefficient (Wildman–Crippen LogP) is 1.47. The number of nitrogens with zero attached hydrogens (tertiary/aromatic N) is 2. The summed E-state index contributed by atoms with van der Waals surface area (Å²) in [4.78, 5) is 36.1. The van der Waals surface area contributed by atoms with Crippen molar-refractivity contribution in [2.24, 2.45) is 5.92 Å². The van der Waals surface area contributed by atoms with E-state index in [9.17, 15) is 19.7 Å². The van der Waals surface area contributed by atoms with Crippen LogP contribution in [0.15, 0.2) is 24.3 Å². The van der Waals surface area contributed by atoms with Crippen LogP contribution in [0.5, 0.6) is 0 Å². The van der Waals surface area contributed by atoms with Gasteiger partial charge < -0.3 is 10.2 Å². The maximum Gasteiger partial charge on any atom is 0.274 e. The highest BCUT2D eigenvalue weighted by atomic mass is 16.6. The van der Waals surface area contributed by atoms with Gasteiger partial charge in [-0.1, -0.05) is 18.2 Å². The van der Waals surface area contributed by atoms with E-state index in [1.807, 2.05) is 13.8 Å². The van der Waals surface area contributed by atoms with Crippen LogP contribution in [-0.4, -0.2) is 34.2 Å². The Hall–Kier alpha value is -2.44. The molecule has 1 saturated heterocycles. The SMILES string of the molecule is CC(C)N1CC(C(=O)NCc2ccccc2[N+](=O)[O-])CC1=O. The molecule has 2 rings (SSSR count). The lowest BCUT2D eigenvalue weighted by Gasteiger charge is -2.20. The average molecular weight is 305 g/mol. The van der Waals surface area contributed by atoms with Crippen LogP contribution in [-0.2, 0) is 16.1 Å². The fourth-order valence-electron chi connectivity index (χ4n) is 2.57. The van der Waals surface area contributed by atoms with Crippen molar-refractivity contribution in [2.45, 2.75) is 32.9 Å². The Morgan fingerprint density at radius 2 is 2.14 bits per heavy atom. The summed E-state index contributed by atoms with van der Waals surface area (Å²) in [7, 11) is 0. The number of hydrogen-bond donors (Lipinski definition) is 1. The Morgan fingerprint density at radius 3 is 2.73 bits per heavy atom. The lowest BCUT2D eigenvalue weighted by atomic mass is 10.1. The van der Waals surface area contributed by atoms with Crippen LogP contribution >= 0.6 is 0 Å². The number of rotatable bonds is 5. The van der Waals surface area contributed by atoms with Crippen molar-refractivity contribution in [1.82, 2.24) is 10.2 Å². The summed E-state index contributed by atoms with van der Waals surface area (Å²) in [5, 5.41) is 13.6. The van der Waals surface area contributed by atoms with Crippen molar-refractivity contribution < 1.29 is 14.5 Å². The number of carbonyl (C=O) groups is 2. The molecule has 7 heteroatoms. The third-order valence-corrected chi connectivity index (χ3v) is 3.79. The Balaban J connectivity index is 1.97. The van der Waals surface area contributed by atoms with Crippen LogP contribution in [0.2, 0.25) is 0 Å². The first-order chi connectivity index (χ1) is 10.4. The monoisotopic (exact) mass is 305 g/mol. The van der Waals surface area contributed by atoms with E-state index in [2.05, 4.69) is 5.32 Å². The third-order valence-electron chi connectivity index (χ3n) is 3.79. The second kappa shape index (κ2) is 6.55. The second-order valence-corrected chi connectivity index (χ2v) is 5.64. The second-order valence-electron chi connectivity index (χ2n) is 5.64. The van der Waals surface area contributed by atoms with Crippen LogP contribution in [0.4, 0.5) is 5.69 Å². The van der Waals surface area contributed by atoms with Gasteiger partial charge in [-0.05, 0) is 13.8 Å². The molecule has 1 atom stereocenters. The summed E-state index contributed by atoms with van der Waals surface area (Å²) in [6, 6.07) is 6.36. The van der Waals surface area contributed by atoms with Gasteiger partial charge in [0, 0.05) is 37.2 Å². The molecule has 1 N–H and O–H groups in total. The van der Waals surface area contributed by atoms with Crippen molar-refractivity contribution in [2.75, 3.05) is 6.54 Å². The van der Waals surface area contributed by atoms with E-state index in [1.54, 1.807) is 23.1 Å². The summed E-state index contributed by atoms with van der Waals surface area (Å²) in [6.45, 7) is 4.30. The van der Waals surface area contributed by atoms with Crippen LogP contribution < -0.4 is 5.32 Å². The predicted molar refractivity (Wildman–Crippen MR) is 79.9 cm³/mol. The number of carbonyl (C=O) groups excluding carboxylic acids is 2. The number of benzene rings is 1. The molecule has 0 bridgehead atoms. The van der Waals surface area contributed by atoms with Crippen LogP contribution in [0, 0.1) is 16.0 Å². The van der Waals surface area contributed by atoms with Gasteiger partial charge in [0.1, 0.15) is 0 Å². The van der Waals surface area contributed by atoms with Crippen molar-refractivity contribution in [3.63, 3.8) is 0 Å². The van der Waals surface area contributed by atoms with E-state index in [4.69, 9.17) is 0 Å². The number of nitrogens with one attached hydrogen (secondary N) is 1. The highest BCUT2D eigenvalue weighted by Crippen LogP contribution is 2.21. The van der Waals surface area contributed by atoms with Gasteiger partial charge in [0.05, 0.1) is 10.8 Å². The molecule has 1 aromatic carbocycles. The number of nitro groups is 1. The first kappa shape index (κ1) is 15.9. The van der Waals surface area contributed by atoms with Crippen LogP contribution in [0.3, 0.4) is 0 Å². The molecule has 0 aliphatic carbocycles. The van der Waals surface area contributed by atoms with Crippen molar-refractivity contribution in [3.8, 4) is 0 Å². The Labute approximate surface area is 128 Å². The van der Waals surface area contributed by atoms with Crippen molar-refractivity contribution in [3.05, 3.63) is 39.9 Å². The Kier molecular flexibility index (Phi) is 4.75. The van der Waals surface area contributed by atoms with Gasteiger partial charge in [0.25, 0.3) is 5.69 Å². The molecule has 1 unspecified atom stereocenters. The molecular weight excluding hydrogens is 286 g/mol. The van der Waals surface area contributed by atoms with Gasteiger partial charge >= 0.3 is 0 Å². The molecule has 1 fully saturated rings. The van der Waals surface area contributed by atoms with Crippen LogP contribution in [0.1, 0.15) is 25.8 Å². The summed E-state index contributed by atoms with van der Waals surface area (Å²) in [6.07, 6.45) is 0.195. The summed E-state index contributed by atoms with van der Waals surface area (Å²) in [5.74, 6) is -0.659. The zero-order valence-corrected chi connectivity index (χ0v) is 12.6. The zero-order valence-electron chi connectivity index (χ0n) is 12.6. The van der Waals surface area contributed by atoms with E-state index in [-0.39, 0.29) is 36.5 Å². The fraction of sp³-hybridized carbons (Fsp3) is 0.467. The number of para-hydroxylation sites is 1. The maximum atomic E-state index is 12.2. The lowest BCUT2D eigenvalue weighted by Crippen LogP contribution is -2.35. The smallest absolute Gasteiger partial charge is 0.274 e. The highest BCUT2D eigenvalue weighted by molar-refractivity contribution is 5.89. The normalized spacial score (nSPS) is 17.9. The van der Waals surface area contributed by atoms with Gasteiger partial charge in [-0.25, -0.2) is 0 Å². The molecule has 118 valence electrons. The molecular formula is C15H19N3O4. The van der Waals surface area contributed by atoms with Gasteiger partial charge in [-0.3, -0.25) is 19.7 Å². The van der Waals surface area contributed by atoms with Crippen molar-refractivity contribution >= 4 is 17.5 Å². The number of nitro benzene ring substituents is 1. The van der Waals surface area contributed by atoms with E-state index in [1.165, 1.54) is 6.07 Å². The molecule has 7 nitrogen and oxygen atoms in total. The van der Waals surface area contributed by atoms with Crippen LogP contribution in [0.25, 0.3) is 0 Å². The largest absolute Gasteiger partial charge is 0.351 e. The van der Waals surface area contributed by atoms with Crippen molar-refractivity contribution in [1.29, 1.82) is 0 Å². The Morgan fingerprint density at radius 1 is 1.45 bits per heavy atom. The van der Waals surface area contributed by atoms with E-state index < -0.39 is 10.8 Å². The minimum absolute atomic E-state index is 0.0193. The van der Waals surface area contributed by atoms with E-state index >= 15 is 0 Å². The molecule has 1 aliphatic rings. The minimum atomic E-state index is -0.471. The standard InChI is InChI=1S/C15H19N3O4/c1-10(2)17-9-12(7-14(17)19)15(20)16-8-11-5-3-4-6-13(11)18(21)22/h3-6,10,12H,7-9H2,1-2H3,(H,16,20). The number of amides is 2. The number of hydrogen-bond acceptors (Lipinski definition) is 4. The Bertz CT molecular complexity index is 600.